The van der Waals surface area contributed by atoms with E-state index in [9.17, 15) is 20.0 Å². The maximum atomic E-state index is 11.9. The predicted octanol–water partition coefficient (Wildman–Crippen LogP) is 2.22. The number of phenolic OH excluding ortho intramolecular Hbond substituents is 1. The zero-order valence-corrected chi connectivity index (χ0v) is 12.7. The summed E-state index contributed by atoms with van der Waals surface area (Å²) in [4.78, 5) is 21.9. The van der Waals surface area contributed by atoms with E-state index < -0.39 is 16.9 Å². The summed E-state index contributed by atoms with van der Waals surface area (Å²) >= 11 is 0. The number of nitrogens with one attached hydrogen (secondary N) is 1. The average molecular weight is 329 g/mol. The number of nitro benzene ring substituents is 1. The van der Waals surface area contributed by atoms with Crippen LogP contribution in [0.3, 0.4) is 0 Å². The Bertz CT molecular complexity index is 759. The summed E-state index contributed by atoms with van der Waals surface area (Å²) < 4.78 is 5.38. The summed E-state index contributed by atoms with van der Waals surface area (Å²) in [7, 11) is 0. The Labute approximate surface area is 137 Å². The summed E-state index contributed by atoms with van der Waals surface area (Å²) in [5.41, 5.74) is 2.69. The normalized spacial score (nSPS) is 11.9. The van der Waals surface area contributed by atoms with Gasteiger partial charge in [0.05, 0.1) is 11.1 Å². The lowest BCUT2D eigenvalue weighted by Gasteiger charge is -2.12. The molecule has 0 aromatic heterocycles. The SMILES string of the molecule is CC(Oc1ccc([N+](=O)[O-])cc1)C(=O)N/N=C/c1ccccc1O. The molecule has 8 nitrogen and oxygen atoms in total. The Morgan fingerprint density at radius 1 is 1.29 bits per heavy atom. The maximum absolute atomic E-state index is 11.9. The van der Waals surface area contributed by atoms with Crippen LogP contribution in [0.4, 0.5) is 5.69 Å². The van der Waals surface area contributed by atoms with Gasteiger partial charge in [-0.2, -0.15) is 5.10 Å². The van der Waals surface area contributed by atoms with Crippen molar-refractivity contribution in [2.75, 3.05) is 0 Å². The van der Waals surface area contributed by atoms with Crippen LogP contribution >= 0.6 is 0 Å². The molecule has 0 bridgehead atoms. The fraction of sp³-hybridized carbons (Fsp3) is 0.125. The van der Waals surface area contributed by atoms with Gasteiger partial charge in [0.15, 0.2) is 6.10 Å². The number of hydrogen-bond acceptors (Lipinski definition) is 6. The summed E-state index contributed by atoms with van der Waals surface area (Å²) in [6.07, 6.45) is 0.458. The third-order valence-corrected chi connectivity index (χ3v) is 3.04. The van der Waals surface area contributed by atoms with Gasteiger partial charge in [0, 0.05) is 17.7 Å². The van der Waals surface area contributed by atoms with Crippen LogP contribution in [0.15, 0.2) is 53.6 Å². The van der Waals surface area contributed by atoms with Crippen LogP contribution in [0.1, 0.15) is 12.5 Å². The lowest BCUT2D eigenvalue weighted by molar-refractivity contribution is -0.384. The molecule has 0 aliphatic heterocycles. The number of hydrogen-bond donors (Lipinski definition) is 2. The number of hydrazone groups is 1. The summed E-state index contributed by atoms with van der Waals surface area (Å²) in [6, 6.07) is 11.9. The molecular formula is C16H15N3O5. The minimum atomic E-state index is -0.854. The van der Waals surface area contributed by atoms with Crippen molar-refractivity contribution in [3.05, 3.63) is 64.2 Å². The average Bonchev–Trinajstić information content (AvgIpc) is 2.57. The van der Waals surface area contributed by atoms with E-state index in [0.29, 0.717) is 11.3 Å². The first-order chi connectivity index (χ1) is 11.5. The number of aromatic hydroxyl groups is 1. The van der Waals surface area contributed by atoms with Gasteiger partial charge in [-0.25, -0.2) is 5.43 Å². The number of phenols is 1. The Balaban J connectivity index is 1.90. The van der Waals surface area contributed by atoms with E-state index in [1.54, 1.807) is 18.2 Å². The Morgan fingerprint density at radius 2 is 1.96 bits per heavy atom. The first-order valence-corrected chi connectivity index (χ1v) is 6.99. The molecule has 24 heavy (non-hydrogen) atoms. The van der Waals surface area contributed by atoms with E-state index in [2.05, 4.69) is 10.5 Å². The van der Waals surface area contributed by atoms with Gasteiger partial charge in [-0.15, -0.1) is 0 Å². The molecule has 0 saturated carbocycles. The van der Waals surface area contributed by atoms with Crippen molar-refractivity contribution in [2.24, 2.45) is 5.10 Å². The number of carbonyl (C=O) groups excluding carboxylic acids is 1. The number of rotatable bonds is 6. The number of para-hydroxylation sites is 1. The summed E-state index contributed by atoms with van der Waals surface area (Å²) in [6.45, 7) is 1.52. The number of carbonyl (C=O) groups is 1. The molecule has 1 unspecified atom stereocenters. The van der Waals surface area contributed by atoms with Crippen molar-refractivity contribution in [2.45, 2.75) is 13.0 Å². The molecule has 1 amide bonds. The second kappa shape index (κ2) is 7.73. The molecule has 2 rings (SSSR count). The van der Waals surface area contributed by atoms with Crippen LogP contribution in [0.25, 0.3) is 0 Å². The van der Waals surface area contributed by atoms with E-state index in [4.69, 9.17) is 4.74 Å². The minimum absolute atomic E-state index is 0.0469. The monoisotopic (exact) mass is 329 g/mol. The first kappa shape index (κ1) is 16.9. The molecule has 0 radical (unpaired) electrons. The predicted molar refractivity (Wildman–Crippen MR) is 87.0 cm³/mol. The Morgan fingerprint density at radius 3 is 2.58 bits per heavy atom. The Kier molecular flexibility index (Phi) is 5.45. The van der Waals surface area contributed by atoms with E-state index in [-0.39, 0.29) is 11.4 Å². The zero-order valence-electron chi connectivity index (χ0n) is 12.7. The molecule has 0 aliphatic carbocycles. The highest BCUT2D eigenvalue weighted by molar-refractivity contribution is 5.86. The highest BCUT2D eigenvalue weighted by Gasteiger charge is 2.14. The lowest BCUT2D eigenvalue weighted by Crippen LogP contribution is -2.33. The zero-order chi connectivity index (χ0) is 17.5. The maximum Gasteiger partial charge on any atom is 0.280 e. The third kappa shape index (κ3) is 4.54. The van der Waals surface area contributed by atoms with Crippen molar-refractivity contribution in [1.82, 2.24) is 5.43 Å². The van der Waals surface area contributed by atoms with Crippen LogP contribution < -0.4 is 10.2 Å². The molecular weight excluding hydrogens is 314 g/mol. The number of benzene rings is 2. The quantitative estimate of drug-likeness (QED) is 0.479. The molecule has 1 atom stereocenters. The molecule has 0 fully saturated rings. The largest absolute Gasteiger partial charge is 0.507 e. The highest BCUT2D eigenvalue weighted by Crippen LogP contribution is 2.18. The van der Waals surface area contributed by atoms with Crippen LogP contribution in [-0.4, -0.2) is 28.3 Å². The number of non-ortho nitro benzene ring substituents is 1. The molecule has 0 aliphatic rings. The van der Waals surface area contributed by atoms with Crippen molar-refractivity contribution in [3.8, 4) is 11.5 Å². The smallest absolute Gasteiger partial charge is 0.280 e. The summed E-state index contributed by atoms with van der Waals surface area (Å²) in [5.74, 6) is -0.126. The number of nitrogens with zero attached hydrogens (tertiary/aromatic N) is 2. The van der Waals surface area contributed by atoms with Gasteiger partial charge in [-0.3, -0.25) is 14.9 Å². The van der Waals surface area contributed by atoms with E-state index in [0.717, 1.165) is 0 Å². The summed E-state index contributed by atoms with van der Waals surface area (Å²) in [5, 5.41) is 23.9. The van der Waals surface area contributed by atoms with E-state index in [1.807, 2.05) is 0 Å². The first-order valence-electron chi connectivity index (χ1n) is 6.99. The molecule has 8 heteroatoms. The fourth-order valence-electron chi connectivity index (χ4n) is 1.76. The fourth-order valence-corrected chi connectivity index (χ4v) is 1.76. The molecule has 124 valence electrons. The standard InChI is InChI=1S/C16H15N3O5/c1-11(24-14-8-6-13(7-9-14)19(22)23)16(21)18-17-10-12-4-2-3-5-15(12)20/h2-11,20H,1H3,(H,18,21)/b17-10+. The van der Waals surface area contributed by atoms with Crippen molar-refractivity contribution >= 4 is 17.8 Å². The molecule has 0 heterocycles. The number of amides is 1. The van der Waals surface area contributed by atoms with Crippen molar-refractivity contribution in [1.29, 1.82) is 0 Å². The van der Waals surface area contributed by atoms with Gasteiger partial charge < -0.3 is 9.84 Å². The van der Waals surface area contributed by atoms with Gasteiger partial charge >= 0.3 is 0 Å². The van der Waals surface area contributed by atoms with Crippen LogP contribution in [-0.2, 0) is 4.79 Å². The number of nitro groups is 1. The van der Waals surface area contributed by atoms with Crippen LogP contribution in [0, 0.1) is 10.1 Å². The topological polar surface area (TPSA) is 114 Å². The van der Waals surface area contributed by atoms with Crippen molar-refractivity contribution < 1.29 is 19.6 Å². The molecule has 0 saturated heterocycles. The molecule has 2 aromatic carbocycles. The van der Waals surface area contributed by atoms with Crippen LogP contribution in [0.2, 0.25) is 0 Å². The highest BCUT2D eigenvalue weighted by atomic mass is 16.6. The van der Waals surface area contributed by atoms with E-state index >= 15 is 0 Å². The molecule has 0 spiro atoms. The van der Waals surface area contributed by atoms with Gasteiger partial charge in [0.1, 0.15) is 11.5 Å². The van der Waals surface area contributed by atoms with Gasteiger partial charge in [-0.1, -0.05) is 12.1 Å². The lowest BCUT2D eigenvalue weighted by atomic mass is 10.2. The van der Waals surface area contributed by atoms with Gasteiger partial charge in [-0.05, 0) is 31.2 Å². The van der Waals surface area contributed by atoms with Crippen molar-refractivity contribution in [3.63, 3.8) is 0 Å². The second-order valence-corrected chi connectivity index (χ2v) is 4.80. The van der Waals surface area contributed by atoms with Gasteiger partial charge in [0.25, 0.3) is 11.6 Å². The van der Waals surface area contributed by atoms with E-state index in [1.165, 1.54) is 43.5 Å². The number of ether oxygens (including phenoxy) is 1. The third-order valence-electron chi connectivity index (χ3n) is 3.04. The Hall–Kier alpha value is -3.42. The van der Waals surface area contributed by atoms with Gasteiger partial charge in [0.2, 0.25) is 0 Å². The molecule has 2 N–H and O–H groups in total. The second-order valence-electron chi connectivity index (χ2n) is 4.80. The molecule has 2 aromatic rings. The minimum Gasteiger partial charge on any atom is -0.507 e. The van der Waals surface area contributed by atoms with Crippen LogP contribution in [0.5, 0.6) is 11.5 Å².